The van der Waals surface area contributed by atoms with Crippen molar-refractivity contribution in [3.05, 3.63) is 0 Å². The van der Waals surface area contributed by atoms with Crippen LogP contribution in [0.1, 0.15) is 48.0 Å². The van der Waals surface area contributed by atoms with Gasteiger partial charge in [-0.25, -0.2) is 0 Å². The Bertz CT molecular complexity index is 113. The van der Waals surface area contributed by atoms with Gasteiger partial charge in [0, 0.05) is 10.00 Å². The molecule has 0 aromatic heterocycles. The summed E-state index contributed by atoms with van der Waals surface area (Å²) in [6.45, 7) is 13.7. The molecule has 0 aromatic rings. The molecule has 0 heterocycles. The fourth-order valence-electron chi connectivity index (χ4n) is 0.857. The van der Waals surface area contributed by atoms with E-state index in [1.165, 1.54) is 6.42 Å². The average Bonchev–Trinajstić information content (AvgIpc) is 1.85. The molecule has 0 aliphatic rings. The van der Waals surface area contributed by atoms with Gasteiger partial charge in [-0.05, 0) is 12.3 Å². The molecule has 0 unspecified atom stereocenters. The maximum Gasteiger partial charge on any atom is 0.0179 e. The van der Waals surface area contributed by atoms with Crippen LogP contribution in [0.3, 0.4) is 0 Å². The highest BCUT2D eigenvalue weighted by Gasteiger charge is 2.17. The topological polar surface area (TPSA) is 0 Å². The zero-order valence-corrected chi connectivity index (χ0v) is 10.8. The van der Waals surface area contributed by atoms with Crippen molar-refractivity contribution in [2.75, 3.05) is 0 Å². The molecule has 0 bridgehead atoms. The maximum absolute atomic E-state index is 2.31. The third kappa shape index (κ3) is 6.24. The molecule has 0 rings (SSSR count). The highest BCUT2D eigenvalue weighted by Crippen LogP contribution is 2.41. The van der Waals surface area contributed by atoms with Gasteiger partial charge in [-0.15, -0.1) is 0 Å². The largest absolute Gasteiger partial charge is 0.0899 e. The lowest BCUT2D eigenvalue weighted by Crippen LogP contribution is -2.12. The van der Waals surface area contributed by atoms with Crippen molar-refractivity contribution in [2.45, 2.75) is 58.0 Å². The Kier molecular flexibility index (Phi) is 5.75. The molecule has 1 atom stereocenters. The smallest absolute Gasteiger partial charge is 0.0179 e. The van der Waals surface area contributed by atoms with Gasteiger partial charge in [-0.3, -0.25) is 0 Å². The van der Waals surface area contributed by atoms with Gasteiger partial charge < -0.3 is 0 Å². The van der Waals surface area contributed by atoms with Crippen LogP contribution >= 0.6 is 21.6 Å². The molecule has 0 fully saturated rings. The normalized spacial score (nSPS) is 15.2. The van der Waals surface area contributed by atoms with Gasteiger partial charge in [-0.2, -0.15) is 0 Å². The number of hydrogen-bond donors (Lipinski definition) is 0. The molecule has 0 aliphatic heterocycles. The van der Waals surface area contributed by atoms with Crippen LogP contribution < -0.4 is 0 Å². The first-order valence-corrected chi connectivity index (χ1v) is 6.92. The second-order valence-electron chi connectivity index (χ2n) is 4.48. The molecule has 12 heavy (non-hydrogen) atoms. The maximum atomic E-state index is 2.31. The molecule has 0 aromatic carbocycles. The van der Waals surface area contributed by atoms with E-state index in [9.17, 15) is 0 Å². The van der Waals surface area contributed by atoms with Crippen LogP contribution in [0.2, 0.25) is 0 Å². The minimum atomic E-state index is 0.396. The number of hydrogen-bond acceptors (Lipinski definition) is 2. The first-order chi connectivity index (χ1) is 5.37. The van der Waals surface area contributed by atoms with Gasteiger partial charge in [0.05, 0.1) is 0 Å². The molecule has 0 saturated carbocycles. The molecule has 0 N–H and O–H groups in total. The zero-order valence-electron chi connectivity index (χ0n) is 9.18. The molecular weight excluding hydrogens is 184 g/mol. The average molecular weight is 206 g/mol. The van der Waals surface area contributed by atoms with Crippen LogP contribution in [-0.2, 0) is 0 Å². The van der Waals surface area contributed by atoms with E-state index >= 15 is 0 Å². The molecular formula is C10H22S2. The van der Waals surface area contributed by atoms with E-state index in [4.69, 9.17) is 0 Å². The molecule has 0 amide bonds. The summed E-state index contributed by atoms with van der Waals surface area (Å²) in [5, 5.41) is 0.814. The van der Waals surface area contributed by atoms with Crippen molar-refractivity contribution in [1.29, 1.82) is 0 Å². The molecule has 0 saturated heterocycles. The molecule has 0 nitrogen and oxygen atoms in total. The Morgan fingerprint density at radius 2 is 1.67 bits per heavy atom. The molecule has 0 radical (unpaired) electrons. The molecule has 0 spiro atoms. The van der Waals surface area contributed by atoms with Crippen LogP contribution in [0.15, 0.2) is 0 Å². The second-order valence-corrected chi connectivity index (χ2v) is 7.75. The van der Waals surface area contributed by atoms with E-state index in [0.29, 0.717) is 4.75 Å². The zero-order chi connectivity index (χ0) is 9.78. The van der Waals surface area contributed by atoms with Crippen molar-refractivity contribution in [3.8, 4) is 0 Å². The fraction of sp³-hybridized carbons (Fsp3) is 1.00. The Hall–Kier alpha value is 0.700. The van der Waals surface area contributed by atoms with Gasteiger partial charge in [0.15, 0.2) is 0 Å². The van der Waals surface area contributed by atoms with Crippen molar-refractivity contribution in [2.24, 2.45) is 5.92 Å². The lowest BCUT2D eigenvalue weighted by atomic mass is 10.1. The SMILES string of the molecule is CC[C@H](SSC(C)(C)C)C(C)C. The van der Waals surface area contributed by atoms with E-state index in [1.807, 2.05) is 10.8 Å². The van der Waals surface area contributed by atoms with Crippen molar-refractivity contribution >= 4 is 21.6 Å². The van der Waals surface area contributed by atoms with Crippen LogP contribution in [0.5, 0.6) is 0 Å². The van der Waals surface area contributed by atoms with Crippen molar-refractivity contribution in [1.82, 2.24) is 0 Å². The third-order valence-electron chi connectivity index (χ3n) is 1.57. The van der Waals surface area contributed by atoms with Crippen LogP contribution in [0.25, 0.3) is 0 Å². The van der Waals surface area contributed by atoms with Crippen LogP contribution in [0, 0.1) is 5.92 Å². The van der Waals surface area contributed by atoms with Crippen molar-refractivity contribution < 1.29 is 0 Å². The van der Waals surface area contributed by atoms with E-state index in [-0.39, 0.29) is 0 Å². The Labute approximate surface area is 85.7 Å². The summed E-state index contributed by atoms with van der Waals surface area (Å²) >= 11 is 0. The van der Waals surface area contributed by atoms with E-state index in [0.717, 1.165) is 11.2 Å². The summed E-state index contributed by atoms with van der Waals surface area (Å²) in [6.07, 6.45) is 1.28. The Morgan fingerprint density at radius 1 is 1.17 bits per heavy atom. The van der Waals surface area contributed by atoms with Gasteiger partial charge in [0.1, 0.15) is 0 Å². The quantitative estimate of drug-likeness (QED) is 0.617. The third-order valence-corrected chi connectivity index (χ3v) is 5.82. The first kappa shape index (κ1) is 12.7. The van der Waals surface area contributed by atoms with Gasteiger partial charge >= 0.3 is 0 Å². The highest BCUT2D eigenvalue weighted by molar-refractivity contribution is 8.77. The predicted molar refractivity (Wildman–Crippen MR) is 63.9 cm³/mol. The van der Waals surface area contributed by atoms with Gasteiger partial charge in [-0.1, -0.05) is 63.1 Å². The van der Waals surface area contributed by atoms with Gasteiger partial charge in [0.2, 0.25) is 0 Å². The van der Waals surface area contributed by atoms with Crippen LogP contribution in [0.4, 0.5) is 0 Å². The summed E-state index contributed by atoms with van der Waals surface area (Å²) < 4.78 is 0.396. The fourth-order valence-corrected chi connectivity index (χ4v) is 3.94. The summed E-state index contributed by atoms with van der Waals surface area (Å²) in [7, 11) is 4.06. The number of rotatable bonds is 4. The Morgan fingerprint density at radius 3 is 1.92 bits per heavy atom. The lowest BCUT2D eigenvalue weighted by Gasteiger charge is -2.23. The van der Waals surface area contributed by atoms with E-state index in [1.54, 1.807) is 0 Å². The minimum Gasteiger partial charge on any atom is -0.0899 e. The molecule has 74 valence electrons. The summed E-state index contributed by atoms with van der Waals surface area (Å²) in [5.41, 5.74) is 0. The van der Waals surface area contributed by atoms with Gasteiger partial charge in [0.25, 0.3) is 0 Å². The van der Waals surface area contributed by atoms with Crippen molar-refractivity contribution in [3.63, 3.8) is 0 Å². The predicted octanol–water partition coefficient (Wildman–Crippen LogP) is 4.60. The molecule has 0 aliphatic carbocycles. The Balaban J connectivity index is 3.73. The summed E-state index contributed by atoms with van der Waals surface area (Å²) in [5.74, 6) is 0.801. The second kappa shape index (κ2) is 5.43. The molecule has 2 heteroatoms. The summed E-state index contributed by atoms with van der Waals surface area (Å²) in [6, 6.07) is 0. The minimum absolute atomic E-state index is 0.396. The van der Waals surface area contributed by atoms with Crippen LogP contribution in [-0.4, -0.2) is 10.00 Å². The van der Waals surface area contributed by atoms with E-state index < -0.39 is 0 Å². The lowest BCUT2D eigenvalue weighted by molar-refractivity contribution is 0.596. The van der Waals surface area contributed by atoms with E-state index in [2.05, 4.69) is 52.3 Å². The highest BCUT2D eigenvalue weighted by atomic mass is 33.1. The summed E-state index contributed by atoms with van der Waals surface area (Å²) in [4.78, 5) is 0. The standard InChI is InChI=1S/C10H22S2/c1-7-9(8(2)3)11-12-10(4,5)6/h8-9H,7H2,1-6H3/t9-/m0/s1. The monoisotopic (exact) mass is 206 g/mol. The first-order valence-electron chi connectivity index (χ1n) is 4.71.